The van der Waals surface area contributed by atoms with Crippen LogP contribution in [-0.4, -0.2) is 119 Å². The smallest absolute Gasteiger partial charge is 0.418 e. The molecule has 0 unspecified atom stereocenters. The molecule has 50 heavy (non-hydrogen) atoms. The van der Waals surface area contributed by atoms with Gasteiger partial charge < -0.3 is 14.1 Å². The predicted octanol–water partition coefficient (Wildman–Crippen LogP) is 4.93. The summed E-state index contributed by atoms with van der Waals surface area (Å²) in [5, 5.41) is 0.530. The van der Waals surface area contributed by atoms with Gasteiger partial charge in [-0.2, -0.15) is 13.5 Å². The van der Waals surface area contributed by atoms with Crippen molar-refractivity contribution in [3.05, 3.63) is 0 Å². The number of ether oxygens (including phenoxy) is 1. The summed E-state index contributed by atoms with van der Waals surface area (Å²) in [5.41, 5.74) is 3.87. The molecule has 3 fully saturated rings. The Morgan fingerprint density at radius 3 is 1.78 bits per heavy atom. The molecular weight excluding hydrogens is 668 g/mol. The average molecular weight is 734 g/mol. The maximum absolute atomic E-state index is 12.7. The number of unbranched alkanes of at least 4 members (excludes halogenated alkanes) is 4. The van der Waals surface area contributed by atoms with E-state index in [9.17, 15) is 27.6 Å². The average Bonchev–Trinajstić information content (AvgIpc) is 3.29. The summed E-state index contributed by atoms with van der Waals surface area (Å²) in [6.45, 7) is 20.6. The molecule has 2 bridgehead atoms. The van der Waals surface area contributed by atoms with Gasteiger partial charge >= 0.3 is 22.5 Å². The number of nitrogens with one attached hydrogen (secondary N) is 2. The molecule has 0 spiro atoms. The van der Waals surface area contributed by atoms with Crippen molar-refractivity contribution in [1.82, 2.24) is 25.7 Å². The third kappa shape index (κ3) is 13.8. The van der Waals surface area contributed by atoms with E-state index < -0.39 is 58.1 Å². The van der Waals surface area contributed by atoms with Gasteiger partial charge in [0.05, 0.1) is 32.2 Å². The number of nitrogens with zero attached hydrogens (tertiary/aromatic N) is 4. The highest BCUT2D eigenvalue weighted by Gasteiger charge is 2.49. The highest BCUT2D eigenvalue weighted by Crippen LogP contribution is 2.30. The summed E-state index contributed by atoms with van der Waals surface area (Å²) in [7, 11) is -4.90. The summed E-state index contributed by atoms with van der Waals surface area (Å²) in [5.74, 6) is -1.27. The first kappa shape index (κ1) is 43.5. The third-order valence-electron chi connectivity index (χ3n) is 9.49. The number of hydrogen-bond donors (Lipinski definition) is 3. The highest BCUT2D eigenvalue weighted by atomic mass is 32.3. The van der Waals surface area contributed by atoms with E-state index in [1.807, 2.05) is 0 Å². The number of hydrazine groups is 1. The lowest BCUT2D eigenvalue weighted by Gasteiger charge is -2.39. The summed E-state index contributed by atoms with van der Waals surface area (Å²) < 4.78 is 41.9. The van der Waals surface area contributed by atoms with E-state index in [1.165, 1.54) is 86.9 Å². The minimum absolute atomic E-state index is 0.0232. The summed E-state index contributed by atoms with van der Waals surface area (Å²) >= 11 is 0. The Morgan fingerprint density at radius 1 is 0.820 bits per heavy atom. The number of quaternary nitrogens is 1. The number of hydrogen-bond acceptors (Lipinski definition) is 8. The van der Waals surface area contributed by atoms with E-state index >= 15 is 0 Å². The van der Waals surface area contributed by atoms with Crippen molar-refractivity contribution in [1.29, 1.82) is 0 Å². The van der Waals surface area contributed by atoms with Crippen molar-refractivity contribution in [2.45, 2.75) is 156 Å². The largest absolute Gasteiger partial charge is 0.444 e. The van der Waals surface area contributed by atoms with E-state index in [0.29, 0.717) is 18.0 Å². The lowest BCUT2D eigenvalue weighted by Crippen LogP contribution is -2.59. The molecule has 0 aromatic heterocycles. The molecule has 3 heterocycles. The predicted molar refractivity (Wildman–Crippen MR) is 190 cm³/mol. The van der Waals surface area contributed by atoms with E-state index in [1.54, 1.807) is 20.8 Å². The Hall–Kier alpha value is -2.69. The van der Waals surface area contributed by atoms with Crippen LogP contribution >= 0.6 is 0 Å². The second-order valence-electron chi connectivity index (χ2n) is 14.8. The first-order valence-electron chi connectivity index (χ1n) is 18.7. The Balaban J connectivity index is 0.000000432. The second kappa shape index (κ2) is 20.4. The quantitative estimate of drug-likeness (QED) is 0.113. The van der Waals surface area contributed by atoms with Crippen molar-refractivity contribution in [3.8, 4) is 0 Å². The van der Waals surface area contributed by atoms with Crippen LogP contribution in [0, 0.1) is 0 Å². The number of likely N-dealkylation sites (tertiary alicyclic amines) is 1. The molecule has 3 saturated heterocycles. The molecule has 0 aromatic carbocycles. The lowest BCUT2D eigenvalue weighted by molar-refractivity contribution is -0.929. The van der Waals surface area contributed by atoms with Gasteiger partial charge in [0.15, 0.2) is 0 Å². The summed E-state index contributed by atoms with van der Waals surface area (Å²) in [4.78, 5) is 52.7. The van der Waals surface area contributed by atoms with Gasteiger partial charge in [0.25, 0.3) is 11.8 Å². The number of rotatable bonds is 16. The molecule has 3 aliphatic rings. The summed E-state index contributed by atoms with van der Waals surface area (Å²) in [6.07, 6.45) is 12.7. The molecule has 3 aliphatic heterocycles. The van der Waals surface area contributed by atoms with Crippen LogP contribution in [0.3, 0.4) is 0 Å². The zero-order valence-corrected chi connectivity index (χ0v) is 32.4. The molecule has 0 saturated carbocycles. The third-order valence-corrected chi connectivity index (χ3v) is 9.84. The number of carbonyl (C=O) groups is 4. The number of hydroxylamine groups is 2. The molecule has 15 nitrogen and oxygen atoms in total. The van der Waals surface area contributed by atoms with Gasteiger partial charge in [-0.15, -0.1) is 4.28 Å². The number of piperidine rings is 2. The van der Waals surface area contributed by atoms with Crippen LogP contribution in [0.1, 0.15) is 132 Å². The van der Waals surface area contributed by atoms with Crippen molar-refractivity contribution in [2.75, 3.05) is 39.3 Å². The van der Waals surface area contributed by atoms with E-state index in [-0.39, 0.29) is 19.4 Å². The topological polar surface area (TPSA) is 175 Å². The Labute approximate surface area is 300 Å². The zero-order valence-electron chi connectivity index (χ0n) is 31.6. The van der Waals surface area contributed by atoms with Crippen LogP contribution in [0.2, 0.25) is 0 Å². The van der Waals surface area contributed by atoms with Gasteiger partial charge in [-0.05, 0) is 78.6 Å². The maximum Gasteiger partial charge on any atom is 0.418 e. The molecule has 290 valence electrons. The van der Waals surface area contributed by atoms with E-state index in [2.05, 4.69) is 42.8 Å². The maximum atomic E-state index is 12.7. The molecule has 5 amide bonds. The Bertz CT molecular complexity index is 1170. The van der Waals surface area contributed by atoms with Crippen molar-refractivity contribution in [2.24, 2.45) is 0 Å². The minimum Gasteiger partial charge on any atom is -0.444 e. The fourth-order valence-corrected chi connectivity index (χ4v) is 7.17. The van der Waals surface area contributed by atoms with Crippen LogP contribution in [0.5, 0.6) is 0 Å². The monoisotopic (exact) mass is 733 g/mol. The van der Waals surface area contributed by atoms with Crippen molar-refractivity contribution < 1.29 is 45.7 Å². The van der Waals surface area contributed by atoms with Gasteiger partial charge in [-0.3, -0.25) is 29.9 Å². The number of urea groups is 1. The second-order valence-corrected chi connectivity index (χ2v) is 15.8. The Kier molecular flexibility index (Phi) is 17.7. The number of amides is 5. The van der Waals surface area contributed by atoms with Crippen molar-refractivity contribution in [3.63, 3.8) is 0 Å². The van der Waals surface area contributed by atoms with Crippen LogP contribution in [0.15, 0.2) is 0 Å². The van der Waals surface area contributed by atoms with E-state index in [0.717, 1.165) is 17.7 Å². The fourth-order valence-electron chi connectivity index (χ4n) is 6.78. The van der Waals surface area contributed by atoms with Crippen LogP contribution < -0.4 is 10.9 Å². The number of fused-ring (bicyclic) bond motifs is 2. The molecule has 0 aliphatic carbocycles. The summed E-state index contributed by atoms with van der Waals surface area (Å²) in [6, 6.07) is -3.32. The standard InChI is InChI=1S/C18H29N5O9S.C16H36N/c1-18(2,3)31-17(27)21-9-5-4-6-12(21)14(24)19-20-15(25)13-8-7-11-10-22(13)16(26)23(11)32-33(28,29)30;1-5-9-13-17(14-10-6-2,15-11-7-3)16-12-8-4/h11-13H,4-10H2,1-3H3,(H,19,24)(H,20,25)(H,28,29,30);5-16H2,1-4H3/q;+1/t11-,12-,13+;/m1./s1. The van der Waals surface area contributed by atoms with Gasteiger partial charge in [-0.1, -0.05) is 53.4 Å². The van der Waals surface area contributed by atoms with Crippen molar-refractivity contribution >= 4 is 34.3 Å². The molecular formula is C34H65N6O9S+. The highest BCUT2D eigenvalue weighted by molar-refractivity contribution is 7.80. The molecule has 3 N–H and O–H groups in total. The minimum atomic E-state index is -4.90. The van der Waals surface area contributed by atoms with Gasteiger partial charge in [-0.25, -0.2) is 9.59 Å². The molecule has 0 aromatic rings. The van der Waals surface area contributed by atoms with E-state index in [4.69, 9.17) is 9.29 Å². The molecule has 16 heteroatoms. The molecule has 3 rings (SSSR count). The van der Waals surface area contributed by atoms with Gasteiger partial charge in [0, 0.05) is 13.1 Å². The molecule has 3 atom stereocenters. The van der Waals surface area contributed by atoms with Gasteiger partial charge in [0.1, 0.15) is 17.7 Å². The SMILES string of the molecule is CC(C)(C)OC(=O)N1CCCC[C@@H]1C(=O)NNC(=O)[C@@H]1CC[C@@H]2CN1C(=O)N2OS(=O)(=O)O.CCCC[N+](CCCC)(CCCC)CCCC. The Morgan fingerprint density at radius 2 is 1.32 bits per heavy atom. The lowest BCUT2D eigenvalue weighted by atomic mass is 10.0. The van der Waals surface area contributed by atoms with Gasteiger partial charge in [0.2, 0.25) is 0 Å². The van der Waals surface area contributed by atoms with Crippen LogP contribution in [0.4, 0.5) is 9.59 Å². The fraction of sp³-hybridized carbons (Fsp3) is 0.882. The molecule has 0 radical (unpaired) electrons. The first-order chi connectivity index (χ1) is 23.5. The van der Waals surface area contributed by atoms with Crippen LogP contribution in [-0.2, 0) is 29.0 Å². The number of carbonyl (C=O) groups excluding carboxylic acids is 4. The first-order valence-corrected chi connectivity index (χ1v) is 20.1. The normalized spacial score (nSPS) is 21.0. The van der Waals surface area contributed by atoms with Crippen LogP contribution in [0.25, 0.3) is 0 Å². The zero-order chi connectivity index (χ0) is 37.5.